The van der Waals surface area contributed by atoms with Gasteiger partial charge in [0, 0.05) is 31.0 Å². The van der Waals surface area contributed by atoms with E-state index in [9.17, 15) is 24.6 Å². The van der Waals surface area contributed by atoms with Gasteiger partial charge in [-0.3, -0.25) is 19.5 Å². The number of benzene rings is 3. The lowest BCUT2D eigenvalue weighted by Gasteiger charge is -2.36. The number of aliphatic hydroxyl groups is 2. The van der Waals surface area contributed by atoms with Gasteiger partial charge >= 0.3 is 0 Å². The highest BCUT2D eigenvalue weighted by Gasteiger charge is 2.52. The predicted molar refractivity (Wildman–Crippen MR) is 197 cm³/mol. The van der Waals surface area contributed by atoms with Crippen LogP contribution in [0.15, 0.2) is 107 Å². The molecule has 3 heterocycles. The molecule has 0 bridgehead atoms. The molecule has 6 rings (SSSR count). The quantitative estimate of drug-likeness (QED) is 0.167. The van der Waals surface area contributed by atoms with Crippen molar-refractivity contribution in [1.82, 2.24) is 14.7 Å². The number of rotatable bonds is 11. The average molecular weight is 675 g/mol. The summed E-state index contributed by atoms with van der Waals surface area (Å²) in [6.07, 6.45) is 10.0. The van der Waals surface area contributed by atoms with Crippen LogP contribution < -0.4 is 10.5 Å². The van der Waals surface area contributed by atoms with Crippen molar-refractivity contribution in [1.29, 1.82) is 0 Å². The van der Waals surface area contributed by atoms with Gasteiger partial charge in [-0.05, 0) is 81.5 Å². The molecule has 4 aromatic rings. The van der Waals surface area contributed by atoms with Crippen LogP contribution in [0.4, 0.5) is 5.69 Å². The van der Waals surface area contributed by atoms with Crippen molar-refractivity contribution in [2.45, 2.75) is 71.6 Å². The Balaban J connectivity index is 1.29. The van der Waals surface area contributed by atoms with Gasteiger partial charge in [-0.1, -0.05) is 78.8 Å². The number of H-pyrrole nitrogens is 1. The number of fused-ring (bicyclic) bond motifs is 3. The van der Waals surface area contributed by atoms with Gasteiger partial charge in [0.15, 0.2) is 5.60 Å². The van der Waals surface area contributed by atoms with Crippen molar-refractivity contribution in [3.8, 4) is 5.69 Å². The molecule has 260 valence electrons. The van der Waals surface area contributed by atoms with Crippen molar-refractivity contribution >= 4 is 28.4 Å². The fraction of sp³-hybridized carbons (Fsp3) is 0.341. The van der Waals surface area contributed by atoms with E-state index in [4.69, 9.17) is 0 Å². The van der Waals surface area contributed by atoms with Gasteiger partial charge in [0.1, 0.15) is 0 Å². The van der Waals surface area contributed by atoms with E-state index in [0.717, 1.165) is 29.5 Å². The van der Waals surface area contributed by atoms with Crippen molar-refractivity contribution in [3.05, 3.63) is 129 Å². The SMILES string of the molecule is CC(C)=CCC/C(C)=C/CN1C(=O)[C@](O)([C@H](C)/C=C/CC(=O)N2Cc3ccccc3C[C@H]2CO)c2cc(-n3[nH]c4ccccc4c3=O)ccc21. The molecule has 2 amide bonds. The van der Waals surface area contributed by atoms with Gasteiger partial charge in [-0.15, -0.1) is 0 Å². The fourth-order valence-electron chi connectivity index (χ4n) is 7.11. The van der Waals surface area contributed by atoms with Crippen LogP contribution in [-0.4, -0.2) is 55.9 Å². The Morgan fingerprint density at radius 3 is 2.50 bits per heavy atom. The second-order valence-electron chi connectivity index (χ2n) is 13.8. The first-order valence-electron chi connectivity index (χ1n) is 17.3. The highest BCUT2D eigenvalue weighted by molar-refractivity contribution is 6.07. The molecule has 0 aliphatic carbocycles. The minimum atomic E-state index is -1.94. The maximum absolute atomic E-state index is 14.3. The normalized spacial score (nSPS) is 19.6. The highest BCUT2D eigenvalue weighted by Crippen LogP contribution is 2.46. The second kappa shape index (κ2) is 14.5. The molecule has 0 spiro atoms. The summed E-state index contributed by atoms with van der Waals surface area (Å²) in [7, 11) is 0. The van der Waals surface area contributed by atoms with Crippen LogP contribution >= 0.6 is 0 Å². The Hall–Kier alpha value is -4.99. The van der Waals surface area contributed by atoms with Gasteiger partial charge in [0.2, 0.25) is 5.91 Å². The molecule has 1 aromatic heterocycles. The number of nitrogens with zero attached hydrogens (tertiary/aromatic N) is 3. The molecule has 0 saturated carbocycles. The summed E-state index contributed by atoms with van der Waals surface area (Å²) in [6.45, 7) is 8.53. The molecule has 50 heavy (non-hydrogen) atoms. The summed E-state index contributed by atoms with van der Waals surface area (Å²) in [5.41, 5.74) is 4.59. The average Bonchev–Trinajstić information content (AvgIpc) is 3.56. The van der Waals surface area contributed by atoms with Crippen molar-refractivity contribution in [3.63, 3.8) is 0 Å². The van der Waals surface area contributed by atoms with E-state index in [1.165, 1.54) is 10.3 Å². The summed E-state index contributed by atoms with van der Waals surface area (Å²) in [5.74, 6) is -1.30. The lowest BCUT2D eigenvalue weighted by atomic mass is 9.82. The van der Waals surface area contributed by atoms with Crippen molar-refractivity contribution < 1.29 is 19.8 Å². The number of aliphatic hydroxyl groups excluding tert-OH is 1. The summed E-state index contributed by atoms with van der Waals surface area (Å²) in [4.78, 5) is 44.3. The molecule has 0 saturated heterocycles. The van der Waals surface area contributed by atoms with Gasteiger partial charge in [-0.25, -0.2) is 4.68 Å². The lowest BCUT2D eigenvalue weighted by molar-refractivity contribution is -0.139. The monoisotopic (exact) mass is 674 g/mol. The third-order valence-corrected chi connectivity index (χ3v) is 10.1. The number of aromatic nitrogens is 2. The zero-order valence-electron chi connectivity index (χ0n) is 29.2. The van der Waals surface area contributed by atoms with Crippen LogP contribution in [0.2, 0.25) is 0 Å². The Labute approximate surface area is 292 Å². The smallest absolute Gasteiger partial charge is 0.279 e. The molecule has 9 heteroatoms. The van der Waals surface area contributed by atoms with Crippen LogP contribution in [0.1, 0.15) is 63.6 Å². The molecular formula is C41H46N4O5. The zero-order valence-corrected chi connectivity index (χ0v) is 29.2. The van der Waals surface area contributed by atoms with Crippen LogP contribution in [0.5, 0.6) is 0 Å². The maximum Gasteiger partial charge on any atom is 0.279 e. The third-order valence-electron chi connectivity index (χ3n) is 10.1. The number of carbonyl (C=O) groups is 2. The molecule has 9 nitrogen and oxygen atoms in total. The zero-order chi connectivity index (χ0) is 35.6. The van der Waals surface area contributed by atoms with E-state index in [1.54, 1.807) is 53.1 Å². The Morgan fingerprint density at radius 1 is 1.02 bits per heavy atom. The van der Waals surface area contributed by atoms with Crippen LogP contribution in [0, 0.1) is 5.92 Å². The first kappa shape index (κ1) is 34.9. The molecule has 0 unspecified atom stereocenters. The topological polar surface area (TPSA) is 119 Å². The summed E-state index contributed by atoms with van der Waals surface area (Å²) in [6, 6.07) is 20.2. The van der Waals surface area contributed by atoms with E-state index in [-0.39, 0.29) is 37.1 Å². The summed E-state index contributed by atoms with van der Waals surface area (Å²) in [5, 5.41) is 26.2. The molecule has 3 N–H and O–H groups in total. The van der Waals surface area contributed by atoms with E-state index < -0.39 is 17.4 Å². The molecule has 0 fully saturated rings. The van der Waals surface area contributed by atoms with E-state index in [2.05, 4.69) is 25.0 Å². The maximum atomic E-state index is 14.3. The Morgan fingerprint density at radius 2 is 1.76 bits per heavy atom. The first-order valence-corrected chi connectivity index (χ1v) is 17.3. The molecule has 0 radical (unpaired) electrons. The number of nitrogens with one attached hydrogen (secondary N) is 1. The van der Waals surface area contributed by atoms with Crippen LogP contribution in [0.3, 0.4) is 0 Å². The number of para-hydroxylation sites is 1. The number of allylic oxidation sites excluding steroid dienone is 3. The van der Waals surface area contributed by atoms with Crippen molar-refractivity contribution in [2.24, 2.45) is 5.92 Å². The van der Waals surface area contributed by atoms with E-state index in [1.807, 2.05) is 55.5 Å². The molecule has 3 atom stereocenters. The third kappa shape index (κ3) is 6.63. The number of anilines is 1. The van der Waals surface area contributed by atoms with Crippen molar-refractivity contribution in [2.75, 3.05) is 18.1 Å². The summed E-state index contributed by atoms with van der Waals surface area (Å²) >= 11 is 0. The van der Waals surface area contributed by atoms with Gasteiger partial charge in [0.25, 0.3) is 11.5 Å². The molecule has 2 aliphatic rings. The summed E-state index contributed by atoms with van der Waals surface area (Å²) < 4.78 is 1.43. The first-order chi connectivity index (χ1) is 24.0. The fourth-order valence-corrected chi connectivity index (χ4v) is 7.11. The van der Waals surface area contributed by atoms with E-state index >= 15 is 0 Å². The van der Waals surface area contributed by atoms with Crippen LogP contribution in [0.25, 0.3) is 16.6 Å². The number of aromatic amines is 1. The number of hydrogen-bond donors (Lipinski definition) is 3. The number of amides is 2. The van der Waals surface area contributed by atoms with E-state index in [0.29, 0.717) is 40.8 Å². The molecule has 2 aliphatic heterocycles. The largest absolute Gasteiger partial charge is 0.394 e. The van der Waals surface area contributed by atoms with Gasteiger partial charge in [0.05, 0.1) is 34.9 Å². The van der Waals surface area contributed by atoms with Gasteiger partial charge in [-0.2, -0.15) is 0 Å². The molecular weight excluding hydrogens is 628 g/mol. The number of carbonyl (C=O) groups excluding carboxylic acids is 2. The van der Waals surface area contributed by atoms with Gasteiger partial charge < -0.3 is 20.0 Å². The predicted octanol–water partition coefficient (Wildman–Crippen LogP) is 6.07. The second-order valence-corrected chi connectivity index (χ2v) is 13.8. The van der Waals surface area contributed by atoms with Crippen LogP contribution in [-0.2, 0) is 28.2 Å². The standard InChI is InChI=1S/C41H46N4O5/c1-27(2)11-9-12-28(3)21-22-43-37-20-19-32(45-39(48)34-16-7-8-17-36(34)42-45)24-35(37)41(50,40(43)49)29(4)13-10-18-38(47)44-25-31-15-6-5-14-30(31)23-33(44)26-46/h5-8,10-11,13-17,19-21,24,29,33,42,46,50H,9,12,18,22-23,25-26H2,1-4H3/b13-10+,28-21+/t29-,33+,41+/m1/s1. The highest BCUT2D eigenvalue weighted by atomic mass is 16.3. The lowest BCUT2D eigenvalue weighted by Crippen LogP contribution is -2.46. The minimum Gasteiger partial charge on any atom is -0.394 e. The molecule has 3 aromatic carbocycles. The number of hydrogen-bond acceptors (Lipinski definition) is 5. The Bertz CT molecular complexity index is 2070. The Kier molecular flexibility index (Phi) is 10.1. The minimum absolute atomic E-state index is 0.0575.